The lowest BCUT2D eigenvalue weighted by Crippen LogP contribution is -2.46. The molecule has 0 aromatic heterocycles. The van der Waals surface area contributed by atoms with E-state index in [0.717, 1.165) is 51.9 Å². The van der Waals surface area contributed by atoms with Crippen molar-refractivity contribution in [2.24, 2.45) is 11.7 Å². The lowest BCUT2D eigenvalue weighted by atomic mass is 9.76. The molecule has 0 bridgehead atoms. The van der Waals surface area contributed by atoms with Crippen LogP contribution < -0.4 is 5.73 Å². The zero-order chi connectivity index (χ0) is 14.7. The van der Waals surface area contributed by atoms with Crippen LogP contribution in [0.3, 0.4) is 0 Å². The molecule has 0 saturated carbocycles. The molecule has 2 aliphatic heterocycles. The van der Waals surface area contributed by atoms with Crippen molar-refractivity contribution in [1.29, 1.82) is 0 Å². The van der Waals surface area contributed by atoms with Crippen molar-refractivity contribution < 1.29 is 9.47 Å². The molecule has 2 saturated heterocycles. The van der Waals surface area contributed by atoms with Gasteiger partial charge >= 0.3 is 0 Å². The van der Waals surface area contributed by atoms with Gasteiger partial charge in [-0.15, -0.1) is 0 Å². The summed E-state index contributed by atoms with van der Waals surface area (Å²) in [7, 11) is 0. The maximum Gasteiger partial charge on any atom is 0.0729 e. The van der Waals surface area contributed by atoms with Crippen LogP contribution in [0.5, 0.6) is 0 Å². The quantitative estimate of drug-likeness (QED) is 0.929. The molecule has 21 heavy (non-hydrogen) atoms. The van der Waals surface area contributed by atoms with Crippen LogP contribution in [0.25, 0.3) is 0 Å². The van der Waals surface area contributed by atoms with Gasteiger partial charge in [0.2, 0.25) is 0 Å². The van der Waals surface area contributed by atoms with Crippen molar-refractivity contribution in [2.45, 2.75) is 50.7 Å². The maximum absolute atomic E-state index is 6.65. The molecular weight excluding hydrogens is 262 g/mol. The van der Waals surface area contributed by atoms with Gasteiger partial charge in [0.1, 0.15) is 0 Å². The Hall–Kier alpha value is -0.900. The third-order valence-electron chi connectivity index (χ3n) is 5.24. The summed E-state index contributed by atoms with van der Waals surface area (Å²) in [5, 5.41) is 0. The average molecular weight is 289 g/mol. The average Bonchev–Trinajstić information content (AvgIpc) is 2.55. The summed E-state index contributed by atoms with van der Waals surface area (Å²) in [6.07, 6.45) is 5.24. The Labute approximate surface area is 127 Å². The number of nitrogens with two attached hydrogens (primary N) is 1. The molecule has 2 fully saturated rings. The zero-order valence-corrected chi connectivity index (χ0v) is 13.0. The van der Waals surface area contributed by atoms with Crippen LogP contribution in [0.4, 0.5) is 0 Å². The Kier molecular flexibility index (Phi) is 4.63. The van der Waals surface area contributed by atoms with E-state index >= 15 is 0 Å². The number of rotatable bonds is 3. The van der Waals surface area contributed by atoms with Crippen LogP contribution in [-0.4, -0.2) is 25.4 Å². The van der Waals surface area contributed by atoms with Gasteiger partial charge in [-0.1, -0.05) is 31.2 Å². The lowest BCUT2D eigenvalue weighted by molar-refractivity contribution is -0.149. The summed E-state index contributed by atoms with van der Waals surface area (Å²) in [6, 6.07) is 8.76. The molecular formula is C18H27NO2. The van der Waals surface area contributed by atoms with Gasteiger partial charge in [0.25, 0.3) is 0 Å². The van der Waals surface area contributed by atoms with Gasteiger partial charge < -0.3 is 15.2 Å². The SMILES string of the molecule is CCc1ccccc1C(N)C1CCOC2(CCOCC2)C1. The molecule has 2 unspecified atom stereocenters. The topological polar surface area (TPSA) is 44.5 Å². The fourth-order valence-electron chi connectivity index (χ4n) is 3.90. The molecule has 0 radical (unpaired) electrons. The summed E-state index contributed by atoms with van der Waals surface area (Å²) in [5.74, 6) is 0.518. The van der Waals surface area contributed by atoms with Crippen LogP contribution in [0.1, 0.15) is 49.8 Å². The molecule has 0 amide bonds. The summed E-state index contributed by atoms with van der Waals surface area (Å²) in [4.78, 5) is 0. The second-order valence-electron chi connectivity index (χ2n) is 6.47. The van der Waals surface area contributed by atoms with Gasteiger partial charge in [0.05, 0.1) is 5.60 Å². The predicted octanol–water partition coefficient (Wildman–Crippen LogP) is 3.22. The number of benzene rings is 1. The Morgan fingerprint density at radius 3 is 2.76 bits per heavy atom. The predicted molar refractivity (Wildman–Crippen MR) is 84.2 cm³/mol. The first kappa shape index (κ1) is 15.0. The first-order valence-corrected chi connectivity index (χ1v) is 8.29. The zero-order valence-electron chi connectivity index (χ0n) is 13.0. The van der Waals surface area contributed by atoms with E-state index in [1.54, 1.807) is 0 Å². The number of hydrogen-bond acceptors (Lipinski definition) is 3. The minimum Gasteiger partial charge on any atom is -0.381 e. The highest BCUT2D eigenvalue weighted by Crippen LogP contribution is 2.41. The summed E-state index contributed by atoms with van der Waals surface area (Å²) in [5.41, 5.74) is 9.39. The molecule has 2 heterocycles. The molecule has 2 aliphatic rings. The normalized spacial score (nSPS) is 26.7. The first-order chi connectivity index (χ1) is 10.2. The van der Waals surface area contributed by atoms with Crippen molar-refractivity contribution in [1.82, 2.24) is 0 Å². The first-order valence-electron chi connectivity index (χ1n) is 8.29. The lowest BCUT2D eigenvalue weighted by Gasteiger charge is -2.45. The smallest absolute Gasteiger partial charge is 0.0729 e. The third kappa shape index (κ3) is 3.15. The maximum atomic E-state index is 6.65. The standard InChI is InChI=1S/C18H27NO2/c1-2-14-5-3-4-6-16(14)17(19)15-7-10-21-18(13-15)8-11-20-12-9-18/h3-6,15,17H,2,7-13,19H2,1H3. The fourth-order valence-corrected chi connectivity index (χ4v) is 3.90. The van der Waals surface area contributed by atoms with E-state index in [-0.39, 0.29) is 11.6 Å². The van der Waals surface area contributed by atoms with Crippen LogP contribution >= 0.6 is 0 Å². The Balaban J connectivity index is 1.76. The highest BCUT2D eigenvalue weighted by molar-refractivity contribution is 5.30. The summed E-state index contributed by atoms with van der Waals surface area (Å²) >= 11 is 0. The minimum atomic E-state index is 0.0277. The van der Waals surface area contributed by atoms with E-state index in [1.807, 2.05) is 0 Å². The van der Waals surface area contributed by atoms with Crippen LogP contribution in [0, 0.1) is 5.92 Å². The second kappa shape index (κ2) is 6.47. The van der Waals surface area contributed by atoms with Gasteiger partial charge in [-0.05, 0) is 49.1 Å². The Bertz CT molecular complexity index is 463. The molecule has 3 rings (SSSR count). The second-order valence-corrected chi connectivity index (χ2v) is 6.47. The van der Waals surface area contributed by atoms with Gasteiger partial charge in [0.15, 0.2) is 0 Å². The molecule has 3 heteroatoms. The van der Waals surface area contributed by atoms with E-state index in [0.29, 0.717) is 5.92 Å². The van der Waals surface area contributed by atoms with Crippen LogP contribution in [-0.2, 0) is 15.9 Å². The monoisotopic (exact) mass is 289 g/mol. The molecule has 3 nitrogen and oxygen atoms in total. The van der Waals surface area contributed by atoms with Crippen LogP contribution in [0.2, 0.25) is 0 Å². The van der Waals surface area contributed by atoms with Crippen LogP contribution in [0.15, 0.2) is 24.3 Å². The Morgan fingerprint density at radius 1 is 1.24 bits per heavy atom. The number of ether oxygens (including phenoxy) is 2. The highest BCUT2D eigenvalue weighted by atomic mass is 16.5. The van der Waals surface area contributed by atoms with Crippen molar-refractivity contribution in [3.05, 3.63) is 35.4 Å². The molecule has 2 N–H and O–H groups in total. The van der Waals surface area contributed by atoms with Crippen molar-refractivity contribution in [3.8, 4) is 0 Å². The van der Waals surface area contributed by atoms with E-state index in [4.69, 9.17) is 15.2 Å². The third-order valence-corrected chi connectivity index (χ3v) is 5.24. The van der Waals surface area contributed by atoms with Gasteiger partial charge in [0, 0.05) is 25.9 Å². The van der Waals surface area contributed by atoms with Gasteiger partial charge in [-0.3, -0.25) is 0 Å². The molecule has 1 aromatic carbocycles. The van der Waals surface area contributed by atoms with E-state index in [2.05, 4.69) is 31.2 Å². The molecule has 1 spiro atoms. The summed E-state index contributed by atoms with van der Waals surface area (Å²) < 4.78 is 11.6. The molecule has 2 atom stereocenters. The minimum absolute atomic E-state index is 0.0277. The van der Waals surface area contributed by atoms with Gasteiger partial charge in [-0.2, -0.15) is 0 Å². The van der Waals surface area contributed by atoms with E-state index < -0.39 is 0 Å². The number of aryl methyl sites for hydroxylation is 1. The molecule has 116 valence electrons. The highest BCUT2D eigenvalue weighted by Gasteiger charge is 2.41. The van der Waals surface area contributed by atoms with Crippen molar-refractivity contribution in [3.63, 3.8) is 0 Å². The van der Waals surface area contributed by atoms with Gasteiger partial charge in [-0.25, -0.2) is 0 Å². The van der Waals surface area contributed by atoms with E-state index in [9.17, 15) is 0 Å². The van der Waals surface area contributed by atoms with Crippen molar-refractivity contribution in [2.75, 3.05) is 19.8 Å². The molecule has 0 aliphatic carbocycles. The van der Waals surface area contributed by atoms with E-state index in [1.165, 1.54) is 11.1 Å². The summed E-state index contributed by atoms with van der Waals surface area (Å²) in [6.45, 7) is 4.70. The molecule has 1 aromatic rings. The van der Waals surface area contributed by atoms with Crippen molar-refractivity contribution >= 4 is 0 Å². The fraction of sp³-hybridized carbons (Fsp3) is 0.667. The largest absolute Gasteiger partial charge is 0.381 e. The number of hydrogen-bond donors (Lipinski definition) is 1. The Morgan fingerprint density at radius 2 is 2.00 bits per heavy atom.